The second-order valence-corrected chi connectivity index (χ2v) is 7.21. The summed E-state index contributed by atoms with van der Waals surface area (Å²) in [6.07, 6.45) is -8.07. The van der Waals surface area contributed by atoms with Crippen molar-refractivity contribution in [1.29, 1.82) is 0 Å². The van der Waals surface area contributed by atoms with Gasteiger partial charge in [0.15, 0.2) is 11.3 Å². The molecule has 11 nitrogen and oxygen atoms in total. The van der Waals surface area contributed by atoms with Gasteiger partial charge in [0.2, 0.25) is 11.2 Å². The van der Waals surface area contributed by atoms with E-state index >= 15 is 0 Å². The van der Waals surface area contributed by atoms with Crippen LogP contribution in [0.4, 0.5) is 0 Å². The molecule has 5 unspecified atom stereocenters. The van der Waals surface area contributed by atoms with Crippen LogP contribution in [0.1, 0.15) is 11.7 Å². The third-order valence-electron chi connectivity index (χ3n) is 5.44. The smallest absolute Gasteiger partial charge is 0.204 e. The lowest BCUT2D eigenvalue weighted by Gasteiger charge is -2.40. The third kappa shape index (κ3) is 3.06. The van der Waals surface area contributed by atoms with Crippen molar-refractivity contribution in [3.63, 3.8) is 0 Å². The monoisotopic (exact) mass is 436 g/mol. The Hall–Kier alpha value is -3.09. The minimum Gasteiger partial charge on any atom is -0.507 e. The highest BCUT2D eigenvalue weighted by Gasteiger charge is 2.46. The van der Waals surface area contributed by atoms with E-state index in [4.69, 9.17) is 13.9 Å². The molecule has 1 aromatic heterocycles. The first-order valence-electron chi connectivity index (χ1n) is 9.23. The molecule has 2 heterocycles. The van der Waals surface area contributed by atoms with E-state index in [1.165, 1.54) is 19.2 Å². The lowest BCUT2D eigenvalue weighted by atomic mass is 9.89. The van der Waals surface area contributed by atoms with E-state index in [0.717, 1.165) is 6.07 Å². The minimum absolute atomic E-state index is 0.0390. The molecule has 1 aliphatic rings. The molecule has 1 saturated heterocycles. The van der Waals surface area contributed by atoms with Gasteiger partial charge in [0.25, 0.3) is 0 Å². The molecule has 0 bridgehead atoms. The fourth-order valence-electron chi connectivity index (χ4n) is 3.84. The average molecular weight is 436 g/mol. The highest BCUT2D eigenvalue weighted by atomic mass is 16.5. The number of fused-ring (bicyclic) bond motifs is 2. The van der Waals surface area contributed by atoms with Gasteiger partial charge in [-0.25, -0.2) is 0 Å². The Morgan fingerprint density at radius 3 is 2.39 bits per heavy atom. The number of hydrogen-bond donors (Lipinski definition) is 7. The second kappa shape index (κ2) is 7.55. The Kier molecular flexibility index (Phi) is 5.15. The molecule has 1 fully saturated rings. The van der Waals surface area contributed by atoms with Crippen molar-refractivity contribution in [3.05, 3.63) is 34.0 Å². The molecule has 0 spiro atoms. The summed E-state index contributed by atoms with van der Waals surface area (Å²) >= 11 is 0. The van der Waals surface area contributed by atoms with Crippen molar-refractivity contribution in [2.24, 2.45) is 0 Å². The van der Waals surface area contributed by atoms with E-state index in [1.807, 2.05) is 0 Å². The number of ether oxygens (including phenoxy) is 2. The average Bonchev–Trinajstić information content (AvgIpc) is 2.73. The molecule has 2 aromatic carbocycles. The number of benzene rings is 2. The Balaban J connectivity index is 1.99. The van der Waals surface area contributed by atoms with Crippen molar-refractivity contribution < 1.29 is 49.6 Å². The molecule has 5 atom stereocenters. The van der Waals surface area contributed by atoms with Crippen LogP contribution in [-0.4, -0.2) is 73.9 Å². The van der Waals surface area contributed by atoms with Crippen LogP contribution >= 0.6 is 0 Å². The zero-order chi connectivity index (χ0) is 22.6. The number of aliphatic hydroxyl groups excluding tert-OH is 4. The summed E-state index contributed by atoms with van der Waals surface area (Å²) in [5, 5.41) is 70.6. The van der Waals surface area contributed by atoms with Gasteiger partial charge in [0, 0.05) is 6.07 Å². The van der Waals surface area contributed by atoms with Crippen molar-refractivity contribution in [1.82, 2.24) is 0 Å². The molecule has 31 heavy (non-hydrogen) atoms. The van der Waals surface area contributed by atoms with Gasteiger partial charge < -0.3 is 49.6 Å². The molecular weight excluding hydrogens is 416 g/mol. The van der Waals surface area contributed by atoms with Crippen LogP contribution in [0.25, 0.3) is 21.9 Å². The predicted molar refractivity (Wildman–Crippen MR) is 104 cm³/mol. The Morgan fingerprint density at radius 1 is 1.03 bits per heavy atom. The van der Waals surface area contributed by atoms with Gasteiger partial charge in [-0.05, 0) is 12.1 Å². The van der Waals surface area contributed by atoms with E-state index in [1.54, 1.807) is 0 Å². The van der Waals surface area contributed by atoms with E-state index < -0.39 is 59.6 Å². The second-order valence-electron chi connectivity index (χ2n) is 7.21. The molecule has 7 N–H and O–H groups in total. The van der Waals surface area contributed by atoms with E-state index in [0.29, 0.717) is 0 Å². The van der Waals surface area contributed by atoms with Crippen molar-refractivity contribution in [2.75, 3.05) is 13.7 Å². The van der Waals surface area contributed by atoms with Gasteiger partial charge in [-0.15, -0.1) is 0 Å². The SMILES string of the molecule is COc1c(O)ccc2c(=O)c3c(O)c(C4OC(CO)C(O)C(O)C4O)c(O)cc3oc12. The first-order chi connectivity index (χ1) is 14.7. The first kappa shape index (κ1) is 21.2. The number of aromatic hydroxyl groups is 3. The van der Waals surface area contributed by atoms with Gasteiger partial charge >= 0.3 is 0 Å². The number of phenols is 3. The maximum atomic E-state index is 13.1. The molecule has 1 aliphatic heterocycles. The Bertz CT molecular complexity index is 1220. The third-order valence-corrected chi connectivity index (χ3v) is 5.44. The number of rotatable bonds is 3. The van der Waals surface area contributed by atoms with Gasteiger partial charge in [0.05, 0.1) is 24.7 Å². The Morgan fingerprint density at radius 2 is 1.74 bits per heavy atom. The van der Waals surface area contributed by atoms with Crippen molar-refractivity contribution >= 4 is 21.9 Å². The van der Waals surface area contributed by atoms with Crippen LogP contribution in [0.2, 0.25) is 0 Å². The molecule has 3 aromatic rings. The molecule has 0 saturated carbocycles. The summed E-state index contributed by atoms with van der Waals surface area (Å²) in [4.78, 5) is 13.1. The predicted octanol–water partition coefficient (Wildman–Crippen LogP) is -0.414. The molecular formula is C20H20O11. The van der Waals surface area contributed by atoms with Gasteiger partial charge in [-0.1, -0.05) is 0 Å². The summed E-state index contributed by atoms with van der Waals surface area (Å²) < 4.78 is 16.1. The summed E-state index contributed by atoms with van der Waals surface area (Å²) in [5.74, 6) is -1.82. The van der Waals surface area contributed by atoms with Gasteiger partial charge in [-0.2, -0.15) is 0 Å². The van der Waals surface area contributed by atoms with Crippen LogP contribution in [0.5, 0.6) is 23.0 Å². The zero-order valence-corrected chi connectivity index (χ0v) is 16.1. The Labute approximate surface area is 173 Å². The molecule has 0 radical (unpaired) electrons. The molecule has 166 valence electrons. The van der Waals surface area contributed by atoms with Crippen molar-refractivity contribution in [2.45, 2.75) is 30.5 Å². The molecule has 0 aliphatic carbocycles. The highest BCUT2D eigenvalue weighted by Crippen LogP contribution is 2.45. The summed E-state index contributed by atoms with van der Waals surface area (Å²) in [6, 6.07) is 3.47. The summed E-state index contributed by atoms with van der Waals surface area (Å²) in [5.41, 5.74) is -1.51. The quantitative estimate of drug-likeness (QED) is 0.264. The first-order valence-corrected chi connectivity index (χ1v) is 9.23. The fourth-order valence-corrected chi connectivity index (χ4v) is 3.84. The number of methoxy groups -OCH3 is 1. The normalized spacial score (nSPS) is 26.4. The fraction of sp³-hybridized carbons (Fsp3) is 0.350. The largest absolute Gasteiger partial charge is 0.507 e. The topological polar surface area (TPSA) is 190 Å². The number of phenolic OH excluding ortho intramolecular Hbond substituents is 3. The lowest BCUT2D eigenvalue weighted by molar-refractivity contribution is -0.232. The summed E-state index contributed by atoms with van der Waals surface area (Å²) in [7, 11) is 1.26. The molecule has 0 amide bonds. The van der Waals surface area contributed by atoms with Gasteiger partial charge in [-0.3, -0.25) is 4.79 Å². The minimum atomic E-state index is -1.79. The highest BCUT2D eigenvalue weighted by molar-refractivity contribution is 5.97. The van der Waals surface area contributed by atoms with E-state index in [2.05, 4.69) is 0 Å². The summed E-state index contributed by atoms with van der Waals surface area (Å²) in [6.45, 7) is -0.716. The van der Waals surface area contributed by atoms with Crippen LogP contribution < -0.4 is 10.2 Å². The van der Waals surface area contributed by atoms with Crippen LogP contribution in [0.3, 0.4) is 0 Å². The maximum Gasteiger partial charge on any atom is 0.204 e. The zero-order valence-electron chi connectivity index (χ0n) is 16.1. The van der Waals surface area contributed by atoms with Crippen LogP contribution in [0, 0.1) is 0 Å². The molecule has 4 rings (SSSR count). The van der Waals surface area contributed by atoms with Gasteiger partial charge in [0.1, 0.15) is 53.0 Å². The van der Waals surface area contributed by atoms with E-state index in [-0.39, 0.29) is 33.4 Å². The number of hydrogen-bond acceptors (Lipinski definition) is 11. The lowest BCUT2D eigenvalue weighted by Crippen LogP contribution is -2.55. The van der Waals surface area contributed by atoms with Crippen LogP contribution in [0.15, 0.2) is 27.4 Å². The van der Waals surface area contributed by atoms with Crippen molar-refractivity contribution in [3.8, 4) is 23.0 Å². The standard InChI is InChI=1S/C20H20O11/c1-29-19-7(22)3-2-6-13(24)12-9(30-18(6)19)4-8(23)11(15(12)26)20-17(28)16(27)14(25)10(5-21)31-20/h2-4,10,14,16-17,20-23,25-28H,5H2,1H3. The number of aliphatic hydroxyl groups is 4. The van der Waals surface area contributed by atoms with Crippen LogP contribution in [-0.2, 0) is 4.74 Å². The maximum absolute atomic E-state index is 13.1. The molecule has 11 heteroatoms. The van der Waals surface area contributed by atoms with E-state index in [9.17, 15) is 40.5 Å².